The lowest BCUT2D eigenvalue weighted by Gasteiger charge is -2.09. The van der Waals surface area contributed by atoms with Gasteiger partial charge in [0.15, 0.2) is 0 Å². The lowest BCUT2D eigenvalue weighted by molar-refractivity contribution is 0.563. The Morgan fingerprint density at radius 3 is 1.94 bits per heavy atom. The first-order chi connectivity index (χ1) is 8.63. The summed E-state index contributed by atoms with van der Waals surface area (Å²) in [5.74, 6) is 0.630. The standard InChI is InChI=1S/C13H9Cl2NOS/c14-9-1-5-11(6-2-9)16-13(18)17-12-7-3-10(15)4-8-12/h1-8H,(H,16,18). The van der Waals surface area contributed by atoms with E-state index in [4.69, 9.17) is 40.2 Å². The smallest absolute Gasteiger partial charge is 0.266 e. The zero-order valence-electron chi connectivity index (χ0n) is 9.19. The Bertz CT molecular complexity index is 490. The van der Waals surface area contributed by atoms with Gasteiger partial charge in [-0.3, -0.25) is 0 Å². The monoisotopic (exact) mass is 297 g/mol. The Kier molecular flexibility index (Phi) is 4.42. The maximum absolute atomic E-state index is 5.79. The first kappa shape index (κ1) is 13.1. The highest BCUT2D eigenvalue weighted by Crippen LogP contribution is 2.17. The molecule has 0 saturated heterocycles. The van der Waals surface area contributed by atoms with Crippen molar-refractivity contribution in [3.8, 4) is 5.75 Å². The topological polar surface area (TPSA) is 21.3 Å². The second-order valence-corrected chi connectivity index (χ2v) is 4.72. The molecule has 0 amide bonds. The molecule has 0 spiro atoms. The zero-order valence-corrected chi connectivity index (χ0v) is 11.5. The van der Waals surface area contributed by atoms with Gasteiger partial charge in [0.1, 0.15) is 5.75 Å². The molecule has 0 fully saturated rings. The molecule has 18 heavy (non-hydrogen) atoms. The van der Waals surface area contributed by atoms with Crippen LogP contribution in [0.3, 0.4) is 0 Å². The van der Waals surface area contributed by atoms with Gasteiger partial charge >= 0.3 is 0 Å². The summed E-state index contributed by atoms with van der Waals surface area (Å²) in [5, 5.41) is 4.54. The number of halogens is 2. The number of rotatable bonds is 2. The van der Waals surface area contributed by atoms with E-state index in [0.717, 1.165) is 5.69 Å². The zero-order chi connectivity index (χ0) is 13.0. The number of hydrogen-bond acceptors (Lipinski definition) is 2. The summed E-state index contributed by atoms with van der Waals surface area (Å²) >= 11 is 16.6. The van der Waals surface area contributed by atoms with E-state index in [1.165, 1.54) is 0 Å². The first-order valence-corrected chi connectivity index (χ1v) is 6.30. The van der Waals surface area contributed by atoms with Crippen LogP contribution in [0.4, 0.5) is 5.69 Å². The summed E-state index contributed by atoms with van der Waals surface area (Å²) in [6, 6.07) is 14.2. The van der Waals surface area contributed by atoms with Crippen LogP contribution in [0.1, 0.15) is 0 Å². The molecule has 0 radical (unpaired) electrons. The van der Waals surface area contributed by atoms with Gasteiger partial charge in [-0.05, 0) is 60.7 Å². The fraction of sp³-hybridized carbons (Fsp3) is 0. The summed E-state index contributed by atoms with van der Waals surface area (Å²) in [5.41, 5.74) is 0.818. The largest absolute Gasteiger partial charge is 0.432 e. The van der Waals surface area contributed by atoms with Crippen molar-refractivity contribution in [2.45, 2.75) is 0 Å². The predicted octanol–water partition coefficient (Wildman–Crippen LogP) is 4.77. The lowest BCUT2D eigenvalue weighted by Crippen LogP contribution is -2.16. The normalized spacial score (nSPS) is 9.89. The van der Waals surface area contributed by atoms with Gasteiger partial charge in [0.05, 0.1) is 0 Å². The molecule has 0 aliphatic carbocycles. The van der Waals surface area contributed by atoms with Crippen molar-refractivity contribution in [1.82, 2.24) is 0 Å². The van der Waals surface area contributed by atoms with Crippen LogP contribution in [0, 0.1) is 0 Å². The van der Waals surface area contributed by atoms with Crippen molar-refractivity contribution >= 4 is 46.3 Å². The van der Waals surface area contributed by atoms with E-state index in [0.29, 0.717) is 15.8 Å². The summed E-state index contributed by atoms with van der Waals surface area (Å²) < 4.78 is 5.43. The van der Waals surface area contributed by atoms with E-state index in [-0.39, 0.29) is 5.17 Å². The van der Waals surface area contributed by atoms with Crippen molar-refractivity contribution in [1.29, 1.82) is 0 Å². The summed E-state index contributed by atoms with van der Waals surface area (Å²) in [7, 11) is 0. The van der Waals surface area contributed by atoms with Gasteiger partial charge in [-0.1, -0.05) is 23.2 Å². The highest BCUT2D eigenvalue weighted by molar-refractivity contribution is 7.80. The average Bonchev–Trinajstić information content (AvgIpc) is 2.35. The van der Waals surface area contributed by atoms with Crippen LogP contribution in [0.5, 0.6) is 5.75 Å². The number of benzene rings is 2. The number of nitrogens with one attached hydrogen (secondary N) is 1. The highest BCUT2D eigenvalue weighted by atomic mass is 35.5. The van der Waals surface area contributed by atoms with Crippen molar-refractivity contribution < 1.29 is 4.74 Å². The highest BCUT2D eigenvalue weighted by Gasteiger charge is 2.01. The Balaban J connectivity index is 1.96. The van der Waals surface area contributed by atoms with Crippen molar-refractivity contribution in [2.75, 3.05) is 5.32 Å². The quantitative estimate of drug-likeness (QED) is 0.807. The third kappa shape index (κ3) is 3.88. The maximum atomic E-state index is 5.79. The first-order valence-electron chi connectivity index (χ1n) is 5.13. The second-order valence-electron chi connectivity index (χ2n) is 3.48. The van der Waals surface area contributed by atoms with E-state index in [1.807, 2.05) is 12.1 Å². The Labute approximate surface area is 120 Å². The van der Waals surface area contributed by atoms with Crippen molar-refractivity contribution in [2.24, 2.45) is 0 Å². The molecular weight excluding hydrogens is 289 g/mol. The van der Waals surface area contributed by atoms with Crippen LogP contribution >= 0.6 is 35.4 Å². The fourth-order valence-electron chi connectivity index (χ4n) is 1.29. The SMILES string of the molecule is S=C(Nc1ccc(Cl)cc1)Oc1ccc(Cl)cc1. The Morgan fingerprint density at radius 2 is 1.39 bits per heavy atom. The lowest BCUT2D eigenvalue weighted by atomic mass is 10.3. The van der Waals surface area contributed by atoms with Crippen LogP contribution < -0.4 is 10.1 Å². The molecule has 2 nitrogen and oxygen atoms in total. The van der Waals surface area contributed by atoms with Crippen molar-refractivity contribution in [3.63, 3.8) is 0 Å². The number of ether oxygens (including phenoxy) is 1. The van der Waals surface area contributed by atoms with Crippen LogP contribution in [0.15, 0.2) is 48.5 Å². The van der Waals surface area contributed by atoms with E-state index >= 15 is 0 Å². The molecular formula is C13H9Cl2NOS. The fourth-order valence-corrected chi connectivity index (χ4v) is 1.75. The molecule has 0 aliphatic heterocycles. The Morgan fingerprint density at radius 1 is 0.889 bits per heavy atom. The van der Waals surface area contributed by atoms with Crippen LogP contribution in [-0.2, 0) is 0 Å². The molecule has 2 aromatic rings. The minimum Gasteiger partial charge on any atom is -0.432 e. The molecule has 0 saturated carbocycles. The molecule has 0 unspecified atom stereocenters. The third-order valence-electron chi connectivity index (χ3n) is 2.11. The van der Waals surface area contributed by atoms with E-state index in [1.54, 1.807) is 36.4 Å². The van der Waals surface area contributed by atoms with Gasteiger partial charge in [0.25, 0.3) is 5.17 Å². The number of anilines is 1. The molecule has 0 aromatic heterocycles. The minimum atomic E-state index is 0.264. The molecule has 1 N–H and O–H groups in total. The molecule has 0 bridgehead atoms. The van der Waals surface area contributed by atoms with E-state index in [9.17, 15) is 0 Å². The molecule has 2 aromatic carbocycles. The molecule has 5 heteroatoms. The van der Waals surface area contributed by atoms with Gasteiger partial charge in [0, 0.05) is 15.7 Å². The van der Waals surface area contributed by atoms with Crippen LogP contribution in [0.25, 0.3) is 0 Å². The molecule has 0 heterocycles. The predicted molar refractivity (Wildman–Crippen MR) is 79.8 cm³/mol. The minimum absolute atomic E-state index is 0.264. The summed E-state index contributed by atoms with van der Waals surface area (Å²) in [6.07, 6.45) is 0. The summed E-state index contributed by atoms with van der Waals surface area (Å²) in [6.45, 7) is 0. The van der Waals surface area contributed by atoms with Crippen LogP contribution in [-0.4, -0.2) is 5.17 Å². The van der Waals surface area contributed by atoms with Gasteiger partial charge in [-0.15, -0.1) is 0 Å². The molecule has 0 aliphatic rings. The third-order valence-corrected chi connectivity index (χ3v) is 2.80. The van der Waals surface area contributed by atoms with E-state index in [2.05, 4.69) is 5.32 Å². The van der Waals surface area contributed by atoms with Gasteiger partial charge in [0.2, 0.25) is 0 Å². The van der Waals surface area contributed by atoms with Crippen LogP contribution in [0.2, 0.25) is 10.0 Å². The van der Waals surface area contributed by atoms with E-state index < -0.39 is 0 Å². The number of hydrogen-bond donors (Lipinski definition) is 1. The second kappa shape index (κ2) is 6.05. The average molecular weight is 298 g/mol. The van der Waals surface area contributed by atoms with Gasteiger partial charge in [-0.2, -0.15) is 0 Å². The van der Waals surface area contributed by atoms with Gasteiger partial charge < -0.3 is 10.1 Å². The van der Waals surface area contributed by atoms with Gasteiger partial charge in [-0.25, -0.2) is 0 Å². The van der Waals surface area contributed by atoms with Crippen molar-refractivity contribution in [3.05, 3.63) is 58.6 Å². The molecule has 0 atom stereocenters. The maximum Gasteiger partial charge on any atom is 0.266 e. The Hall–Kier alpha value is -1.29. The summed E-state index contributed by atoms with van der Waals surface area (Å²) in [4.78, 5) is 0. The molecule has 92 valence electrons. The molecule has 2 rings (SSSR count). The number of thiocarbonyl (C=S) groups is 1.